The molecule has 0 amide bonds. The van der Waals surface area contributed by atoms with Crippen LogP contribution in [0, 0.1) is 5.92 Å². The summed E-state index contributed by atoms with van der Waals surface area (Å²) >= 11 is 0. The summed E-state index contributed by atoms with van der Waals surface area (Å²) in [4.78, 5) is 10.8. The van der Waals surface area contributed by atoms with Crippen molar-refractivity contribution >= 4 is 5.82 Å². The zero-order valence-electron chi connectivity index (χ0n) is 10.9. The van der Waals surface area contributed by atoms with Gasteiger partial charge in [-0.25, -0.2) is 9.97 Å². The summed E-state index contributed by atoms with van der Waals surface area (Å²) in [7, 11) is 2.06. The van der Waals surface area contributed by atoms with Gasteiger partial charge in [-0.3, -0.25) is 0 Å². The van der Waals surface area contributed by atoms with Gasteiger partial charge in [0.05, 0.1) is 6.10 Å². The van der Waals surface area contributed by atoms with E-state index in [9.17, 15) is 0 Å². The molecule has 0 radical (unpaired) electrons. The standard InChI is InChI=1S/C13H21N3O/c1-10(2)17-13-12(14-7-8-15-13)16(3)9-11-5-4-6-11/h7-8,10-11H,4-6,9H2,1-3H3. The second-order valence-corrected chi connectivity index (χ2v) is 5.03. The van der Waals surface area contributed by atoms with Crippen molar-refractivity contribution in [2.75, 3.05) is 18.5 Å². The number of hydrogen-bond donors (Lipinski definition) is 0. The lowest BCUT2D eigenvalue weighted by Gasteiger charge is -2.31. The highest BCUT2D eigenvalue weighted by atomic mass is 16.5. The third kappa shape index (κ3) is 3.08. The number of anilines is 1. The van der Waals surface area contributed by atoms with E-state index in [1.54, 1.807) is 12.4 Å². The van der Waals surface area contributed by atoms with Gasteiger partial charge < -0.3 is 9.64 Å². The molecule has 94 valence electrons. The van der Waals surface area contributed by atoms with E-state index in [1.807, 2.05) is 13.8 Å². The summed E-state index contributed by atoms with van der Waals surface area (Å²) in [5, 5.41) is 0. The molecule has 17 heavy (non-hydrogen) atoms. The fourth-order valence-electron chi connectivity index (χ4n) is 2.04. The van der Waals surface area contributed by atoms with Gasteiger partial charge >= 0.3 is 0 Å². The fourth-order valence-corrected chi connectivity index (χ4v) is 2.04. The summed E-state index contributed by atoms with van der Waals surface area (Å²) in [6.45, 7) is 5.06. The molecule has 0 saturated heterocycles. The van der Waals surface area contributed by atoms with Gasteiger partial charge in [0.15, 0.2) is 5.82 Å². The van der Waals surface area contributed by atoms with Crippen LogP contribution in [0.15, 0.2) is 12.4 Å². The summed E-state index contributed by atoms with van der Waals surface area (Å²) in [6, 6.07) is 0. The Morgan fingerprint density at radius 3 is 2.65 bits per heavy atom. The molecule has 0 bridgehead atoms. The van der Waals surface area contributed by atoms with Crippen LogP contribution < -0.4 is 9.64 Å². The lowest BCUT2D eigenvalue weighted by Crippen LogP contribution is -2.30. The minimum atomic E-state index is 0.127. The van der Waals surface area contributed by atoms with Gasteiger partial charge in [-0.1, -0.05) is 6.42 Å². The van der Waals surface area contributed by atoms with Gasteiger partial charge in [-0.2, -0.15) is 0 Å². The van der Waals surface area contributed by atoms with Gasteiger partial charge in [-0.05, 0) is 32.6 Å². The van der Waals surface area contributed by atoms with E-state index >= 15 is 0 Å². The first-order valence-electron chi connectivity index (χ1n) is 6.35. The quantitative estimate of drug-likeness (QED) is 0.786. The van der Waals surface area contributed by atoms with Crippen molar-refractivity contribution in [3.63, 3.8) is 0 Å². The van der Waals surface area contributed by atoms with E-state index in [1.165, 1.54) is 19.3 Å². The molecule has 0 spiro atoms. The summed E-state index contributed by atoms with van der Waals surface area (Å²) < 4.78 is 5.68. The Morgan fingerprint density at radius 2 is 2.06 bits per heavy atom. The number of nitrogens with zero attached hydrogens (tertiary/aromatic N) is 3. The number of rotatable bonds is 5. The Kier molecular flexibility index (Phi) is 3.82. The molecule has 4 heteroatoms. The van der Waals surface area contributed by atoms with Crippen LogP contribution in [0.2, 0.25) is 0 Å². The number of hydrogen-bond acceptors (Lipinski definition) is 4. The molecule has 0 atom stereocenters. The molecular formula is C13H21N3O. The van der Waals surface area contributed by atoms with Crippen molar-refractivity contribution < 1.29 is 4.74 Å². The highest BCUT2D eigenvalue weighted by Crippen LogP contribution is 2.30. The van der Waals surface area contributed by atoms with Gasteiger partial charge in [0.25, 0.3) is 5.88 Å². The Bertz CT molecular complexity index is 363. The zero-order valence-corrected chi connectivity index (χ0v) is 10.9. The van der Waals surface area contributed by atoms with Crippen molar-refractivity contribution in [3.8, 4) is 5.88 Å². The van der Waals surface area contributed by atoms with Crippen LogP contribution in [-0.4, -0.2) is 29.7 Å². The molecule has 4 nitrogen and oxygen atoms in total. The molecule has 0 aliphatic heterocycles. The highest BCUT2D eigenvalue weighted by Gasteiger charge is 2.21. The second kappa shape index (κ2) is 5.34. The van der Waals surface area contributed by atoms with Crippen molar-refractivity contribution in [1.29, 1.82) is 0 Å². The molecule has 0 unspecified atom stereocenters. The second-order valence-electron chi connectivity index (χ2n) is 5.03. The minimum Gasteiger partial charge on any atom is -0.472 e. The van der Waals surface area contributed by atoms with E-state index in [0.717, 1.165) is 18.3 Å². The highest BCUT2D eigenvalue weighted by molar-refractivity contribution is 5.47. The van der Waals surface area contributed by atoms with E-state index in [4.69, 9.17) is 4.74 Å². The van der Waals surface area contributed by atoms with Crippen molar-refractivity contribution in [3.05, 3.63) is 12.4 Å². The maximum atomic E-state index is 5.68. The number of ether oxygens (including phenoxy) is 1. The maximum absolute atomic E-state index is 5.68. The van der Waals surface area contributed by atoms with E-state index in [0.29, 0.717) is 5.88 Å². The molecule has 1 aliphatic rings. The monoisotopic (exact) mass is 235 g/mol. The molecule has 1 aliphatic carbocycles. The predicted molar refractivity (Wildman–Crippen MR) is 68.4 cm³/mol. The zero-order chi connectivity index (χ0) is 12.3. The van der Waals surface area contributed by atoms with Crippen LogP contribution in [0.5, 0.6) is 5.88 Å². The van der Waals surface area contributed by atoms with Gasteiger partial charge in [0, 0.05) is 26.0 Å². The van der Waals surface area contributed by atoms with Gasteiger partial charge in [0.1, 0.15) is 0 Å². The van der Waals surface area contributed by atoms with Gasteiger partial charge in [-0.15, -0.1) is 0 Å². The van der Waals surface area contributed by atoms with Gasteiger partial charge in [0.2, 0.25) is 0 Å². The first kappa shape index (κ1) is 12.1. The van der Waals surface area contributed by atoms with Crippen LogP contribution in [0.25, 0.3) is 0 Å². The third-order valence-electron chi connectivity index (χ3n) is 3.11. The first-order chi connectivity index (χ1) is 8.16. The minimum absolute atomic E-state index is 0.127. The smallest absolute Gasteiger partial charge is 0.257 e. The van der Waals surface area contributed by atoms with Crippen LogP contribution in [0.3, 0.4) is 0 Å². The van der Waals surface area contributed by atoms with E-state index in [2.05, 4.69) is 21.9 Å². The molecule has 1 fully saturated rings. The van der Waals surface area contributed by atoms with Crippen molar-refractivity contribution in [2.24, 2.45) is 5.92 Å². The third-order valence-corrected chi connectivity index (χ3v) is 3.11. The Morgan fingerprint density at radius 1 is 1.35 bits per heavy atom. The Labute approximate surface area is 103 Å². The molecule has 1 heterocycles. The molecular weight excluding hydrogens is 214 g/mol. The summed E-state index contributed by atoms with van der Waals surface area (Å²) in [6.07, 6.45) is 7.57. The predicted octanol–water partition coefficient (Wildman–Crippen LogP) is 2.50. The van der Waals surface area contributed by atoms with Crippen LogP contribution >= 0.6 is 0 Å². The molecule has 1 aromatic rings. The molecule has 0 aromatic carbocycles. The number of aromatic nitrogens is 2. The normalized spacial score (nSPS) is 15.8. The molecule has 0 N–H and O–H groups in total. The molecule has 1 aromatic heterocycles. The van der Waals surface area contributed by atoms with Crippen molar-refractivity contribution in [1.82, 2.24) is 9.97 Å². The van der Waals surface area contributed by atoms with E-state index < -0.39 is 0 Å². The summed E-state index contributed by atoms with van der Waals surface area (Å²) in [5.74, 6) is 2.31. The van der Waals surface area contributed by atoms with Crippen LogP contribution in [-0.2, 0) is 0 Å². The fraction of sp³-hybridized carbons (Fsp3) is 0.692. The Hall–Kier alpha value is -1.32. The molecule has 1 saturated carbocycles. The lowest BCUT2D eigenvalue weighted by molar-refractivity contribution is 0.231. The average Bonchev–Trinajstić information content (AvgIpc) is 2.23. The molecule has 2 rings (SSSR count). The van der Waals surface area contributed by atoms with Crippen molar-refractivity contribution in [2.45, 2.75) is 39.2 Å². The maximum Gasteiger partial charge on any atom is 0.257 e. The first-order valence-corrected chi connectivity index (χ1v) is 6.35. The van der Waals surface area contributed by atoms with E-state index in [-0.39, 0.29) is 6.10 Å². The van der Waals surface area contributed by atoms with Crippen LogP contribution in [0.4, 0.5) is 5.82 Å². The lowest BCUT2D eigenvalue weighted by atomic mass is 9.85. The topological polar surface area (TPSA) is 38.3 Å². The van der Waals surface area contributed by atoms with Crippen LogP contribution in [0.1, 0.15) is 33.1 Å². The SMILES string of the molecule is CC(C)Oc1nccnc1N(C)CC1CCC1. The summed E-state index contributed by atoms with van der Waals surface area (Å²) in [5.41, 5.74) is 0. The largest absolute Gasteiger partial charge is 0.472 e. The Balaban J connectivity index is 2.06. The average molecular weight is 235 g/mol.